The highest BCUT2D eigenvalue weighted by Gasteiger charge is 2.28. The van der Waals surface area contributed by atoms with Gasteiger partial charge in [-0.1, -0.05) is 30.3 Å². The Hall–Kier alpha value is -3.20. The predicted molar refractivity (Wildman–Crippen MR) is 126 cm³/mol. The number of carbonyl (C=O) groups is 3. The highest BCUT2D eigenvalue weighted by molar-refractivity contribution is 5.98. The van der Waals surface area contributed by atoms with Crippen LogP contribution in [0.15, 0.2) is 36.4 Å². The number of hydrogen-bond donors (Lipinski definition) is 1. The van der Waals surface area contributed by atoms with Gasteiger partial charge in [-0.15, -0.1) is 0 Å². The number of aromatic nitrogens is 2. The maximum absolute atomic E-state index is 13.2. The average Bonchev–Trinajstić information content (AvgIpc) is 3.50. The molecule has 1 N–H and O–H groups in total. The fourth-order valence-electron chi connectivity index (χ4n) is 4.42. The summed E-state index contributed by atoms with van der Waals surface area (Å²) in [4.78, 5) is 41.9. The normalized spacial score (nSPS) is 17.9. The van der Waals surface area contributed by atoms with Crippen LogP contribution in [0.3, 0.4) is 0 Å². The summed E-state index contributed by atoms with van der Waals surface area (Å²) in [6.45, 7) is 5.62. The van der Waals surface area contributed by atoms with Crippen molar-refractivity contribution in [2.24, 2.45) is 0 Å². The van der Waals surface area contributed by atoms with Gasteiger partial charge in [0.05, 0.1) is 6.10 Å². The Kier molecular flexibility index (Phi) is 7.95. The molecule has 2 aliphatic heterocycles. The van der Waals surface area contributed by atoms with Gasteiger partial charge in [0.25, 0.3) is 11.8 Å². The minimum absolute atomic E-state index is 0.0906. The van der Waals surface area contributed by atoms with Crippen molar-refractivity contribution in [1.82, 2.24) is 24.9 Å². The largest absolute Gasteiger partial charge is 0.376 e. The molecule has 1 aromatic carbocycles. The SMILES string of the molecule is CCN(CCC(=O)NC[C@@H]1CCCO1)C(=O)c1cc2n(n1)CCCN(Cc1ccccc1)C2=O. The molecule has 0 spiro atoms. The molecule has 182 valence electrons. The van der Waals surface area contributed by atoms with E-state index in [1.54, 1.807) is 20.5 Å². The lowest BCUT2D eigenvalue weighted by Crippen LogP contribution is -2.37. The van der Waals surface area contributed by atoms with E-state index in [0.29, 0.717) is 45.0 Å². The maximum Gasteiger partial charge on any atom is 0.274 e. The Bertz CT molecular complexity index is 1000. The Labute approximate surface area is 200 Å². The van der Waals surface area contributed by atoms with Crippen LogP contribution in [0, 0.1) is 0 Å². The molecule has 2 aliphatic rings. The first-order chi connectivity index (χ1) is 16.5. The molecule has 1 atom stereocenters. The zero-order valence-corrected chi connectivity index (χ0v) is 19.7. The molecule has 3 heterocycles. The van der Waals surface area contributed by atoms with E-state index in [2.05, 4.69) is 10.4 Å². The minimum Gasteiger partial charge on any atom is -0.376 e. The lowest BCUT2D eigenvalue weighted by Gasteiger charge is -2.20. The second-order valence-corrected chi connectivity index (χ2v) is 8.78. The van der Waals surface area contributed by atoms with Crippen LogP contribution in [0.2, 0.25) is 0 Å². The lowest BCUT2D eigenvalue weighted by atomic mass is 10.2. The highest BCUT2D eigenvalue weighted by atomic mass is 16.5. The molecule has 0 unspecified atom stereocenters. The van der Waals surface area contributed by atoms with E-state index in [1.807, 2.05) is 37.3 Å². The van der Waals surface area contributed by atoms with E-state index in [9.17, 15) is 14.4 Å². The summed E-state index contributed by atoms with van der Waals surface area (Å²) in [5.74, 6) is -0.490. The van der Waals surface area contributed by atoms with Crippen LogP contribution in [0.4, 0.5) is 0 Å². The van der Waals surface area contributed by atoms with E-state index in [0.717, 1.165) is 31.4 Å². The first-order valence-corrected chi connectivity index (χ1v) is 12.1. The molecule has 0 bridgehead atoms. The van der Waals surface area contributed by atoms with Crippen molar-refractivity contribution >= 4 is 17.7 Å². The zero-order valence-electron chi connectivity index (χ0n) is 19.7. The third-order valence-electron chi connectivity index (χ3n) is 6.35. The Morgan fingerprint density at radius 2 is 2.03 bits per heavy atom. The Balaban J connectivity index is 1.36. The van der Waals surface area contributed by atoms with Gasteiger partial charge in [0, 0.05) is 58.4 Å². The number of nitrogens with one attached hydrogen (secondary N) is 1. The smallest absolute Gasteiger partial charge is 0.274 e. The van der Waals surface area contributed by atoms with E-state index in [1.165, 1.54) is 0 Å². The molecule has 0 radical (unpaired) electrons. The summed E-state index contributed by atoms with van der Waals surface area (Å²) in [7, 11) is 0. The van der Waals surface area contributed by atoms with Gasteiger partial charge in [0.1, 0.15) is 5.69 Å². The van der Waals surface area contributed by atoms with Crippen molar-refractivity contribution < 1.29 is 19.1 Å². The summed E-state index contributed by atoms with van der Waals surface area (Å²) in [6, 6.07) is 11.5. The van der Waals surface area contributed by atoms with E-state index < -0.39 is 0 Å². The van der Waals surface area contributed by atoms with Crippen molar-refractivity contribution in [2.45, 2.75) is 51.8 Å². The third-order valence-corrected chi connectivity index (χ3v) is 6.35. The fourth-order valence-corrected chi connectivity index (χ4v) is 4.42. The van der Waals surface area contributed by atoms with Gasteiger partial charge >= 0.3 is 0 Å². The number of hydrogen-bond acceptors (Lipinski definition) is 5. The topological polar surface area (TPSA) is 96.8 Å². The lowest BCUT2D eigenvalue weighted by molar-refractivity contribution is -0.121. The number of fused-ring (bicyclic) bond motifs is 1. The van der Waals surface area contributed by atoms with Gasteiger partial charge in [-0.05, 0) is 31.7 Å². The molecular weight excluding hydrogens is 434 g/mol. The summed E-state index contributed by atoms with van der Waals surface area (Å²) in [6.07, 6.45) is 3.06. The Morgan fingerprint density at radius 1 is 1.21 bits per heavy atom. The van der Waals surface area contributed by atoms with Gasteiger partial charge in [-0.3, -0.25) is 19.1 Å². The molecule has 4 rings (SSSR count). The number of rotatable bonds is 9. The first-order valence-electron chi connectivity index (χ1n) is 12.1. The van der Waals surface area contributed by atoms with Gasteiger partial charge in [-0.2, -0.15) is 5.10 Å². The fraction of sp³-hybridized carbons (Fsp3) is 0.520. The molecule has 1 saturated heterocycles. The molecule has 9 nitrogen and oxygen atoms in total. The quantitative estimate of drug-likeness (QED) is 0.609. The molecule has 34 heavy (non-hydrogen) atoms. The second kappa shape index (κ2) is 11.3. The molecule has 0 aliphatic carbocycles. The minimum atomic E-state index is -0.266. The summed E-state index contributed by atoms with van der Waals surface area (Å²) >= 11 is 0. The van der Waals surface area contributed by atoms with Crippen molar-refractivity contribution in [1.29, 1.82) is 0 Å². The maximum atomic E-state index is 13.2. The van der Waals surface area contributed by atoms with E-state index in [4.69, 9.17) is 4.74 Å². The van der Waals surface area contributed by atoms with E-state index in [-0.39, 0.29) is 35.9 Å². The summed E-state index contributed by atoms with van der Waals surface area (Å²) in [5.41, 5.74) is 1.74. The number of aryl methyl sites for hydroxylation is 1. The van der Waals surface area contributed by atoms with Crippen LogP contribution >= 0.6 is 0 Å². The van der Waals surface area contributed by atoms with Crippen LogP contribution in [0.1, 0.15) is 59.1 Å². The average molecular weight is 468 g/mol. The molecule has 2 aromatic rings. The van der Waals surface area contributed by atoms with Crippen LogP contribution in [-0.2, 0) is 22.6 Å². The Morgan fingerprint density at radius 3 is 2.76 bits per heavy atom. The van der Waals surface area contributed by atoms with Crippen LogP contribution in [0.25, 0.3) is 0 Å². The molecule has 9 heteroatoms. The molecule has 0 saturated carbocycles. The van der Waals surface area contributed by atoms with Gasteiger partial charge < -0.3 is 19.9 Å². The van der Waals surface area contributed by atoms with Gasteiger partial charge in [-0.25, -0.2) is 0 Å². The first kappa shape index (κ1) is 23.9. The molecule has 1 aromatic heterocycles. The van der Waals surface area contributed by atoms with Crippen molar-refractivity contribution in [3.05, 3.63) is 53.3 Å². The monoisotopic (exact) mass is 467 g/mol. The number of amides is 3. The molecular formula is C25H33N5O4. The van der Waals surface area contributed by atoms with Crippen LogP contribution in [0.5, 0.6) is 0 Å². The summed E-state index contributed by atoms with van der Waals surface area (Å²) in [5, 5.41) is 7.34. The number of benzene rings is 1. The van der Waals surface area contributed by atoms with Gasteiger partial charge in [0.15, 0.2) is 5.69 Å². The number of carbonyl (C=O) groups excluding carboxylic acids is 3. The zero-order chi connectivity index (χ0) is 23.9. The van der Waals surface area contributed by atoms with Crippen LogP contribution in [-0.4, -0.2) is 76.2 Å². The predicted octanol–water partition coefficient (Wildman–Crippen LogP) is 2.08. The molecule has 3 amide bonds. The highest BCUT2D eigenvalue weighted by Crippen LogP contribution is 2.18. The number of ether oxygens (including phenoxy) is 1. The standard InChI is InChI=1S/C25H33N5O4/c1-2-28(14-11-23(31)26-17-20-10-6-15-34-20)24(32)21-16-22-25(33)29(12-7-13-30(22)27-21)18-19-8-4-3-5-9-19/h3-5,8-9,16,20H,2,6-7,10-15,17-18H2,1H3,(H,26,31)/t20-/m0/s1. The number of nitrogens with zero attached hydrogens (tertiary/aromatic N) is 4. The van der Waals surface area contributed by atoms with Crippen molar-refractivity contribution in [3.63, 3.8) is 0 Å². The van der Waals surface area contributed by atoms with Crippen molar-refractivity contribution in [2.75, 3.05) is 32.8 Å². The molecule has 1 fully saturated rings. The second-order valence-electron chi connectivity index (χ2n) is 8.78. The summed E-state index contributed by atoms with van der Waals surface area (Å²) < 4.78 is 7.17. The van der Waals surface area contributed by atoms with Crippen LogP contribution < -0.4 is 5.32 Å². The van der Waals surface area contributed by atoms with E-state index >= 15 is 0 Å². The third kappa shape index (κ3) is 5.83. The van der Waals surface area contributed by atoms with Crippen molar-refractivity contribution in [3.8, 4) is 0 Å². The van der Waals surface area contributed by atoms with Gasteiger partial charge in [0.2, 0.25) is 5.91 Å².